The van der Waals surface area contributed by atoms with Gasteiger partial charge in [0, 0.05) is 5.39 Å². The average Bonchev–Trinajstić information content (AvgIpc) is 2.56. The minimum Gasteiger partial charge on any atom is -0.439 e. The van der Waals surface area contributed by atoms with Crippen LogP contribution < -0.4 is 0 Å². The summed E-state index contributed by atoms with van der Waals surface area (Å²) in [6.07, 6.45) is 1.32. The number of fused-ring (bicyclic) bond motifs is 3. The molecule has 13 heavy (non-hydrogen) atoms. The summed E-state index contributed by atoms with van der Waals surface area (Å²) in [5, 5.41) is 8.47. The average molecular weight is 171 g/mol. The van der Waals surface area contributed by atoms with E-state index in [-0.39, 0.29) is 0 Å². The fraction of sp³-hybridized carbons (Fsp3) is 0. The van der Waals surface area contributed by atoms with Crippen LogP contribution in [0.5, 0.6) is 0 Å². The fourth-order valence-corrected chi connectivity index (χ4v) is 1.39. The number of rotatable bonds is 0. The molecule has 0 aromatic heterocycles. The van der Waals surface area contributed by atoms with Gasteiger partial charge in [-0.1, -0.05) is 12.1 Å². The molecule has 62 valence electrons. The van der Waals surface area contributed by atoms with Crippen LogP contribution >= 0.6 is 0 Å². The Kier molecular flexibility index (Phi) is 1.14. The molecule has 2 aliphatic rings. The van der Waals surface area contributed by atoms with Crippen molar-refractivity contribution in [2.24, 2.45) is 0 Å². The van der Waals surface area contributed by atoms with Gasteiger partial charge in [-0.25, -0.2) is 4.98 Å². The molecule has 2 aliphatic heterocycles. The van der Waals surface area contributed by atoms with Crippen molar-refractivity contribution < 1.29 is 4.42 Å². The Balaban J connectivity index is 2.56. The Bertz CT molecular complexity index is 531. The van der Waals surface area contributed by atoms with Crippen molar-refractivity contribution in [3.05, 3.63) is 30.7 Å². The minimum atomic E-state index is 0.559. The van der Waals surface area contributed by atoms with Crippen LogP contribution in [-0.2, 0) is 0 Å². The van der Waals surface area contributed by atoms with Gasteiger partial charge >= 0.3 is 0 Å². The molecule has 0 unspecified atom stereocenters. The van der Waals surface area contributed by atoms with Crippen LogP contribution in [0.3, 0.4) is 0 Å². The SMILES string of the molecule is c1ccc2c3ocnnc-3nc2c1. The zero-order chi connectivity index (χ0) is 8.67. The summed E-state index contributed by atoms with van der Waals surface area (Å²) in [5.74, 6) is 1.26. The molecule has 3 rings (SSSR count). The number of nitrogens with zero attached hydrogens (tertiary/aromatic N) is 3. The molecule has 2 heterocycles. The van der Waals surface area contributed by atoms with Gasteiger partial charge < -0.3 is 4.42 Å². The van der Waals surface area contributed by atoms with Crippen LogP contribution in [0.4, 0.5) is 0 Å². The van der Waals surface area contributed by atoms with Crippen LogP contribution in [0.1, 0.15) is 0 Å². The molecule has 0 fully saturated rings. The van der Waals surface area contributed by atoms with Gasteiger partial charge in [-0.05, 0) is 12.1 Å². The molecule has 4 heteroatoms. The monoisotopic (exact) mass is 171 g/mol. The molecular weight excluding hydrogens is 166 g/mol. The Labute approximate surface area is 73.6 Å². The highest BCUT2D eigenvalue weighted by Gasteiger charge is 2.14. The quantitative estimate of drug-likeness (QED) is 0.516. The van der Waals surface area contributed by atoms with E-state index in [0.29, 0.717) is 11.6 Å². The molecule has 0 N–H and O–H groups in total. The minimum absolute atomic E-state index is 0.559. The van der Waals surface area contributed by atoms with E-state index in [9.17, 15) is 0 Å². The Morgan fingerprint density at radius 3 is 3.08 bits per heavy atom. The maximum absolute atomic E-state index is 5.23. The van der Waals surface area contributed by atoms with E-state index in [2.05, 4.69) is 15.2 Å². The highest BCUT2D eigenvalue weighted by Crippen LogP contribution is 2.27. The molecule has 0 saturated heterocycles. The molecule has 0 radical (unpaired) electrons. The highest BCUT2D eigenvalue weighted by atomic mass is 16.3. The van der Waals surface area contributed by atoms with Crippen LogP contribution in [0.2, 0.25) is 0 Å². The van der Waals surface area contributed by atoms with Crippen LogP contribution in [0.15, 0.2) is 35.1 Å². The van der Waals surface area contributed by atoms with Gasteiger partial charge in [0.15, 0.2) is 5.76 Å². The van der Waals surface area contributed by atoms with Crippen molar-refractivity contribution in [3.8, 4) is 11.6 Å². The maximum atomic E-state index is 5.23. The van der Waals surface area contributed by atoms with E-state index < -0.39 is 0 Å². The van der Waals surface area contributed by atoms with Crippen LogP contribution in [0, 0.1) is 0 Å². The lowest BCUT2D eigenvalue weighted by Gasteiger charge is -1.90. The lowest BCUT2D eigenvalue weighted by Crippen LogP contribution is -1.84. The molecule has 0 aliphatic carbocycles. The van der Waals surface area contributed by atoms with Crippen molar-refractivity contribution in [1.82, 2.24) is 15.2 Å². The summed E-state index contributed by atoms with van der Waals surface area (Å²) in [7, 11) is 0. The summed E-state index contributed by atoms with van der Waals surface area (Å²) in [5.41, 5.74) is 0.891. The molecule has 0 amide bonds. The summed E-state index contributed by atoms with van der Waals surface area (Å²) in [6.45, 7) is 0. The molecule has 1 aromatic rings. The van der Waals surface area contributed by atoms with E-state index in [0.717, 1.165) is 10.9 Å². The first-order valence-electron chi connectivity index (χ1n) is 3.90. The maximum Gasteiger partial charge on any atom is 0.219 e. The number of aromatic nitrogens is 3. The predicted octanol–water partition coefficient (Wildman–Crippen LogP) is 1.72. The standard InChI is InChI=1S/C9H5N3O/c1-2-4-7-6(3-1)8-9(11-7)12-10-5-13-8/h1-5H. The smallest absolute Gasteiger partial charge is 0.219 e. The van der Waals surface area contributed by atoms with E-state index in [1.54, 1.807) is 0 Å². The number of hydrogen-bond donors (Lipinski definition) is 0. The molecule has 0 atom stereocenters. The summed E-state index contributed by atoms with van der Waals surface area (Å²) >= 11 is 0. The van der Waals surface area contributed by atoms with Gasteiger partial charge in [0.2, 0.25) is 12.2 Å². The van der Waals surface area contributed by atoms with Crippen molar-refractivity contribution in [1.29, 1.82) is 0 Å². The Morgan fingerprint density at radius 2 is 2.08 bits per heavy atom. The molecule has 1 aromatic carbocycles. The zero-order valence-electron chi connectivity index (χ0n) is 6.64. The number of para-hydroxylation sites is 1. The van der Waals surface area contributed by atoms with Gasteiger partial charge in [0.1, 0.15) is 0 Å². The van der Waals surface area contributed by atoms with E-state index in [1.807, 2.05) is 24.3 Å². The van der Waals surface area contributed by atoms with Gasteiger partial charge in [-0.15, -0.1) is 10.2 Å². The lowest BCUT2D eigenvalue weighted by molar-refractivity contribution is 0.526. The Hall–Kier alpha value is -1.97. The van der Waals surface area contributed by atoms with E-state index >= 15 is 0 Å². The number of hydrogen-bond acceptors (Lipinski definition) is 4. The molecule has 4 nitrogen and oxygen atoms in total. The third kappa shape index (κ3) is 0.823. The van der Waals surface area contributed by atoms with Gasteiger partial charge in [0.05, 0.1) is 5.52 Å². The second kappa shape index (κ2) is 2.26. The molecule has 0 saturated carbocycles. The second-order valence-corrected chi connectivity index (χ2v) is 2.72. The Morgan fingerprint density at radius 1 is 1.15 bits per heavy atom. The normalized spacial score (nSPS) is 11.1. The summed E-state index contributed by atoms with van der Waals surface area (Å²) in [4.78, 5) is 4.25. The van der Waals surface area contributed by atoms with E-state index in [4.69, 9.17) is 4.42 Å². The lowest BCUT2D eigenvalue weighted by atomic mass is 10.2. The van der Waals surface area contributed by atoms with Crippen molar-refractivity contribution in [3.63, 3.8) is 0 Å². The van der Waals surface area contributed by atoms with Gasteiger partial charge in [-0.3, -0.25) is 0 Å². The third-order valence-corrected chi connectivity index (χ3v) is 1.95. The topological polar surface area (TPSA) is 51.8 Å². The highest BCUT2D eigenvalue weighted by molar-refractivity contribution is 5.92. The predicted molar refractivity (Wildman–Crippen MR) is 46.2 cm³/mol. The molecular formula is C9H5N3O. The van der Waals surface area contributed by atoms with Crippen LogP contribution in [0.25, 0.3) is 22.5 Å². The molecule has 0 bridgehead atoms. The first-order chi connectivity index (χ1) is 6.45. The first-order valence-corrected chi connectivity index (χ1v) is 3.90. The second-order valence-electron chi connectivity index (χ2n) is 2.72. The van der Waals surface area contributed by atoms with Gasteiger partial charge in [0.25, 0.3) is 0 Å². The van der Waals surface area contributed by atoms with Crippen LogP contribution in [-0.4, -0.2) is 15.2 Å². The fourth-order valence-electron chi connectivity index (χ4n) is 1.39. The largest absolute Gasteiger partial charge is 0.439 e. The molecule has 0 spiro atoms. The van der Waals surface area contributed by atoms with Crippen molar-refractivity contribution >= 4 is 10.9 Å². The van der Waals surface area contributed by atoms with Crippen molar-refractivity contribution in [2.75, 3.05) is 0 Å². The van der Waals surface area contributed by atoms with Gasteiger partial charge in [-0.2, -0.15) is 0 Å². The summed E-state index contributed by atoms with van der Waals surface area (Å²) in [6, 6.07) is 7.75. The van der Waals surface area contributed by atoms with E-state index in [1.165, 1.54) is 6.39 Å². The summed E-state index contributed by atoms with van der Waals surface area (Å²) < 4.78 is 5.23. The van der Waals surface area contributed by atoms with Crippen molar-refractivity contribution in [2.45, 2.75) is 0 Å². The number of benzene rings is 1. The third-order valence-electron chi connectivity index (χ3n) is 1.95. The first kappa shape index (κ1) is 6.54. The zero-order valence-corrected chi connectivity index (χ0v) is 6.64.